The van der Waals surface area contributed by atoms with E-state index in [4.69, 9.17) is 5.73 Å². The summed E-state index contributed by atoms with van der Waals surface area (Å²) >= 11 is 3.43. The number of nitrogens with two attached hydrogens (primary N) is 1. The van der Waals surface area contributed by atoms with Crippen LogP contribution in [-0.4, -0.2) is 29.5 Å². The fraction of sp³-hybridized carbons (Fsp3) is 0.353. The van der Waals surface area contributed by atoms with Crippen LogP contribution >= 0.6 is 15.9 Å². The Balaban J connectivity index is 1.70. The molecule has 110 valence electrons. The summed E-state index contributed by atoms with van der Waals surface area (Å²) in [6.45, 7) is 3.74. The average Bonchev–Trinajstić information content (AvgIpc) is 2.93. The first kappa shape index (κ1) is 14.7. The molecular weight excluding hydrogens is 326 g/mol. The molecule has 1 saturated heterocycles. The first-order valence-corrected chi connectivity index (χ1v) is 8.13. The van der Waals surface area contributed by atoms with Gasteiger partial charge < -0.3 is 5.73 Å². The molecule has 1 aliphatic rings. The van der Waals surface area contributed by atoms with E-state index in [2.05, 4.69) is 62.2 Å². The lowest BCUT2D eigenvalue weighted by atomic mass is 9.89. The molecular formula is C17H20BrN3. The quantitative estimate of drug-likeness (QED) is 0.925. The maximum absolute atomic E-state index is 5.99. The van der Waals surface area contributed by atoms with Crippen LogP contribution < -0.4 is 5.73 Å². The molecule has 3 nitrogen and oxygen atoms in total. The van der Waals surface area contributed by atoms with E-state index in [0.717, 1.165) is 36.3 Å². The van der Waals surface area contributed by atoms with Crippen molar-refractivity contribution in [1.82, 2.24) is 9.88 Å². The van der Waals surface area contributed by atoms with Crippen LogP contribution in [0.2, 0.25) is 0 Å². The van der Waals surface area contributed by atoms with Crippen molar-refractivity contribution in [3.8, 4) is 0 Å². The third-order valence-electron chi connectivity index (χ3n) is 4.22. The summed E-state index contributed by atoms with van der Waals surface area (Å²) in [6, 6.07) is 14.9. The third kappa shape index (κ3) is 3.51. The highest BCUT2D eigenvalue weighted by atomic mass is 79.9. The number of hydrogen-bond donors (Lipinski definition) is 1. The summed E-state index contributed by atoms with van der Waals surface area (Å²) in [5.41, 5.74) is 8.50. The number of benzene rings is 1. The van der Waals surface area contributed by atoms with Gasteiger partial charge in [-0.2, -0.15) is 0 Å². The van der Waals surface area contributed by atoms with Gasteiger partial charge in [0.05, 0.1) is 5.69 Å². The van der Waals surface area contributed by atoms with Crippen molar-refractivity contribution in [2.75, 3.05) is 19.6 Å². The first-order chi connectivity index (χ1) is 10.3. The summed E-state index contributed by atoms with van der Waals surface area (Å²) in [7, 11) is 0. The van der Waals surface area contributed by atoms with E-state index in [1.165, 1.54) is 5.56 Å². The number of hydrogen-bond acceptors (Lipinski definition) is 3. The molecule has 21 heavy (non-hydrogen) atoms. The normalized spacial score (nSPS) is 22.6. The fourth-order valence-corrected chi connectivity index (χ4v) is 3.37. The first-order valence-electron chi connectivity index (χ1n) is 7.34. The number of aromatic nitrogens is 1. The van der Waals surface area contributed by atoms with E-state index in [9.17, 15) is 0 Å². The fourth-order valence-electron chi connectivity index (χ4n) is 3.14. The second-order valence-corrected chi connectivity index (χ2v) is 6.59. The Morgan fingerprint density at radius 3 is 2.62 bits per heavy atom. The van der Waals surface area contributed by atoms with Gasteiger partial charge in [0.2, 0.25) is 0 Å². The van der Waals surface area contributed by atoms with Crippen molar-refractivity contribution in [3.63, 3.8) is 0 Å². The van der Waals surface area contributed by atoms with Crippen LogP contribution in [0.4, 0.5) is 0 Å². The Morgan fingerprint density at radius 1 is 1.14 bits per heavy atom. The topological polar surface area (TPSA) is 42.1 Å². The lowest BCUT2D eigenvalue weighted by Gasteiger charge is -2.16. The highest BCUT2D eigenvalue weighted by Gasteiger charge is 2.32. The van der Waals surface area contributed by atoms with Crippen molar-refractivity contribution in [1.29, 1.82) is 0 Å². The number of pyridine rings is 1. The third-order valence-corrected chi connectivity index (χ3v) is 4.69. The molecule has 4 heteroatoms. The minimum atomic E-state index is 0.530. The van der Waals surface area contributed by atoms with Crippen LogP contribution in [0.5, 0.6) is 0 Å². The molecule has 2 N–H and O–H groups in total. The van der Waals surface area contributed by atoms with Gasteiger partial charge in [-0.05, 0) is 46.1 Å². The smallest absolute Gasteiger partial charge is 0.0544 e. The zero-order valence-corrected chi connectivity index (χ0v) is 13.5. The van der Waals surface area contributed by atoms with E-state index in [0.29, 0.717) is 11.8 Å². The van der Waals surface area contributed by atoms with Crippen LogP contribution in [0.3, 0.4) is 0 Å². The van der Waals surface area contributed by atoms with Crippen molar-refractivity contribution in [2.24, 2.45) is 11.7 Å². The second kappa shape index (κ2) is 6.69. The zero-order chi connectivity index (χ0) is 14.7. The summed E-state index contributed by atoms with van der Waals surface area (Å²) < 4.78 is 1.02. The van der Waals surface area contributed by atoms with Gasteiger partial charge in [0.15, 0.2) is 0 Å². The van der Waals surface area contributed by atoms with Crippen molar-refractivity contribution in [3.05, 3.63) is 64.4 Å². The van der Waals surface area contributed by atoms with Crippen molar-refractivity contribution < 1.29 is 0 Å². The molecule has 0 bridgehead atoms. The molecule has 1 aromatic carbocycles. The summed E-state index contributed by atoms with van der Waals surface area (Å²) in [6.07, 6.45) is 1.86. The van der Waals surface area contributed by atoms with Crippen LogP contribution in [0.1, 0.15) is 17.2 Å². The Hall–Kier alpha value is -1.23. The highest BCUT2D eigenvalue weighted by Crippen LogP contribution is 2.32. The molecule has 1 aromatic heterocycles. The summed E-state index contributed by atoms with van der Waals surface area (Å²) in [5, 5.41) is 0. The summed E-state index contributed by atoms with van der Waals surface area (Å²) in [4.78, 5) is 6.93. The van der Waals surface area contributed by atoms with E-state index in [1.54, 1.807) is 0 Å². The Labute approximate surface area is 134 Å². The Bertz CT molecular complexity index is 570. The molecule has 3 rings (SSSR count). The monoisotopic (exact) mass is 345 g/mol. The zero-order valence-electron chi connectivity index (χ0n) is 12.0. The van der Waals surface area contributed by atoms with E-state index >= 15 is 0 Å². The number of rotatable bonds is 4. The molecule has 0 aliphatic carbocycles. The van der Waals surface area contributed by atoms with Crippen molar-refractivity contribution >= 4 is 15.9 Å². The predicted octanol–water partition coefficient (Wildman–Crippen LogP) is 3.02. The van der Waals surface area contributed by atoms with Gasteiger partial charge in [-0.25, -0.2) is 0 Å². The van der Waals surface area contributed by atoms with Crippen LogP contribution in [-0.2, 0) is 6.54 Å². The number of nitrogens with zero attached hydrogens (tertiary/aromatic N) is 2. The summed E-state index contributed by atoms with van der Waals surface area (Å²) in [5.74, 6) is 1.06. The highest BCUT2D eigenvalue weighted by molar-refractivity contribution is 9.10. The van der Waals surface area contributed by atoms with Gasteiger partial charge in [0, 0.05) is 36.2 Å². The predicted molar refractivity (Wildman–Crippen MR) is 88.9 cm³/mol. The van der Waals surface area contributed by atoms with Gasteiger partial charge in [-0.15, -0.1) is 0 Å². The van der Waals surface area contributed by atoms with Gasteiger partial charge in [-0.3, -0.25) is 9.88 Å². The lowest BCUT2D eigenvalue weighted by molar-refractivity contribution is 0.313. The number of likely N-dealkylation sites (tertiary alicyclic amines) is 1. The van der Waals surface area contributed by atoms with Crippen molar-refractivity contribution in [2.45, 2.75) is 12.5 Å². The number of halogens is 1. The largest absolute Gasteiger partial charge is 0.330 e. The molecule has 0 unspecified atom stereocenters. The molecule has 0 spiro atoms. The Morgan fingerprint density at radius 2 is 1.95 bits per heavy atom. The van der Waals surface area contributed by atoms with E-state index < -0.39 is 0 Å². The minimum absolute atomic E-state index is 0.530. The van der Waals surface area contributed by atoms with E-state index in [-0.39, 0.29) is 0 Å². The van der Waals surface area contributed by atoms with Crippen LogP contribution in [0.15, 0.2) is 53.1 Å². The van der Waals surface area contributed by atoms with Gasteiger partial charge >= 0.3 is 0 Å². The molecule has 2 aromatic rings. The SMILES string of the molecule is NC[C@@H]1CN(Cc2ccc(Br)cn2)C[C@H]1c1ccccc1. The molecule has 2 heterocycles. The molecule has 1 aliphatic heterocycles. The maximum Gasteiger partial charge on any atom is 0.0544 e. The Kier molecular flexibility index (Phi) is 4.68. The van der Waals surface area contributed by atoms with Gasteiger partial charge in [0.25, 0.3) is 0 Å². The average molecular weight is 346 g/mol. The maximum atomic E-state index is 5.99. The van der Waals surface area contributed by atoms with Crippen LogP contribution in [0, 0.1) is 5.92 Å². The molecule has 0 saturated carbocycles. The standard InChI is InChI=1S/C17H20BrN3/c18-15-6-7-16(20-9-15)11-21-10-14(8-19)17(12-21)13-4-2-1-3-5-13/h1-7,9,14,17H,8,10-12,19H2/t14-,17+/m1/s1. The van der Waals surface area contributed by atoms with Gasteiger partial charge in [0.1, 0.15) is 0 Å². The lowest BCUT2D eigenvalue weighted by Crippen LogP contribution is -2.23. The van der Waals surface area contributed by atoms with E-state index in [1.807, 2.05) is 12.3 Å². The van der Waals surface area contributed by atoms with Gasteiger partial charge in [-0.1, -0.05) is 30.3 Å². The molecule has 0 amide bonds. The molecule has 2 atom stereocenters. The molecule has 0 radical (unpaired) electrons. The second-order valence-electron chi connectivity index (χ2n) is 5.67. The minimum Gasteiger partial charge on any atom is -0.330 e. The molecule has 1 fully saturated rings. The van der Waals surface area contributed by atoms with Crippen LogP contribution in [0.25, 0.3) is 0 Å².